The van der Waals surface area contributed by atoms with Crippen molar-refractivity contribution in [3.63, 3.8) is 0 Å². The van der Waals surface area contributed by atoms with E-state index in [0.717, 1.165) is 41.8 Å². The molecule has 2 aliphatic rings. The summed E-state index contributed by atoms with van der Waals surface area (Å²) < 4.78 is 0. The van der Waals surface area contributed by atoms with Gasteiger partial charge in [-0.3, -0.25) is 9.59 Å². The fourth-order valence-corrected chi connectivity index (χ4v) is 4.58. The molecule has 1 spiro atoms. The molecule has 0 bridgehead atoms. The number of rotatable bonds is 1. The summed E-state index contributed by atoms with van der Waals surface area (Å²) in [5.74, 6) is 0.151. The van der Waals surface area contributed by atoms with Crippen molar-refractivity contribution in [2.24, 2.45) is 0 Å². The molecule has 1 saturated heterocycles. The van der Waals surface area contributed by atoms with Gasteiger partial charge in [0.1, 0.15) is 0 Å². The lowest BCUT2D eigenvalue weighted by Gasteiger charge is -2.50. The molecule has 6 nitrogen and oxygen atoms in total. The van der Waals surface area contributed by atoms with Crippen LogP contribution in [-0.4, -0.2) is 51.2 Å². The highest BCUT2D eigenvalue weighted by molar-refractivity contribution is 5.94. The van der Waals surface area contributed by atoms with E-state index in [1.165, 1.54) is 5.56 Å². The van der Waals surface area contributed by atoms with Gasteiger partial charge in [-0.25, -0.2) is 4.98 Å². The Bertz CT molecular complexity index is 893. The molecule has 0 radical (unpaired) electrons. The van der Waals surface area contributed by atoms with Gasteiger partial charge in [0.25, 0.3) is 5.91 Å². The number of carbonyl (C=O) groups excluding carboxylic acids is 2. The van der Waals surface area contributed by atoms with Crippen LogP contribution in [0.3, 0.4) is 0 Å². The summed E-state index contributed by atoms with van der Waals surface area (Å²) in [6.07, 6.45) is 3.98. The van der Waals surface area contributed by atoms with E-state index < -0.39 is 0 Å². The average molecular weight is 366 g/mol. The van der Waals surface area contributed by atoms with Crippen molar-refractivity contribution < 1.29 is 9.59 Å². The molecule has 6 heteroatoms. The number of piperidine rings is 1. The summed E-state index contributed by atoms with van der Waals surface area (Å²) in [4.78, 5) is 37.0. The first kappa shape index (κ1) is 17.8. The molecule has 0 aliphatic carbocycles. The van der Waals surface area contributed by atoms with Crippen LogP contribution in [0.4, 0.5) is 0 Å². The van der Waals surface area contributed by atoms with Crippen LogP contribution in [0.15, 0.2) is 24.5 Å². The highest BCUT2D eigenvalue weighted by atomic mass is 16.2. The van der Waals surface area contributed by atoms with Crippen LogP contribution in [-0.2, 0) is 16.8 Å². The van der Waals surface area contributed by atoms with Crippen molar-refractivity contribution in [3.05, 3.63) is 52.6 Å². The van der Waals surface area contributed by atoms with Crippen molar-refractivity contribution in [1.82, 2.24) is 19.8 Å². The van der Waals surface area contributed by atoms with E-state index in [1.807, 2.05) is 34.9 Å². The van der Waals surface area contributed by atoms with E-state index in [4.69, 9.17) is 0 Å². The largest absolute Gasteiger partial charge is 0.348 e. The Kier molecular flexibility index (Phi) is 4.29. The number of fused-ring (bicyclic) bond motifs is 2. The number of benzene rings is 1. The normalized spacial score (nSPS) is 18.5. The summed E-state index contributed by atoms with van der Waals surface area (Å²) in [5.41, 5.74) is 4.78. The van der Waals surface area contributed by atoms with Crippen LogP contribution < -0.4 is 0 Å². The number of H-pyrrole nitrogens is 1. The Morgan fingerprint density at radius 1 is 1.11 bits per heavy atom. The number of likely N-dealkylation sites (tertiary alicyclic amines) is 1. The van der Waals surface area contributed by atoms with E-state index in [-0.39, 0.29) is 17.4 Å². The SMILES string of the molecule is CC(=O)N1CCc2[nH]cnc2C12CCN(C(=O)c1ccc(C)c(C)c1)CC2. The molecular formula is C21H26N4O2. The monoisotopic (exact) mass is 366 g/mol. The zero-order valence-corrected chi connectivity index (χ0v) is 16.2. The predicted octanol–water partition coefficient (Wildman–Crippen LogP) is 2.56. The maximum atomic E-state index is 13.0. The second-order valence-electron chi connectivity index (χ2n) is 7.77. The van der Waals surface area contributed by atoms with Gasteiger partial charge >= 0.3 is 0 Å². The van der Waals surface area contributed by atoms with E-state index in [1.54, 1.807) is 13.3 Å². The first-order valence-electron chi connectivity index (χ1n) is 9.60. The lowest BCUT2D eigenvalue weighted by molar-refractivity contribution is -0.139. The minimum absolute atomic E-state index is 0.0698. The molecule has 3 heterocycles. The number of nitrogens with zero attached hydrogens (tertiary/aromatic N) is 3. The fraction of sp³-hybridized carbons (Fsp3) is 0.476. The number of hydrogen-bond donors (Lipinski definition) is 1. The average Bonchev–Trinajstić information content (AvgIpc) is 3.14. The molecule has 0 saturated carbocycles. The number of amides is 2. The van der Waals surface area contributed by atoms with E-state index in [2.05, 4.69) is 16.9 Å². The van der Waals surface area contributed by atoms with Gasteiger partial charge in [-0.05, 0) is 49.9 Å². The van der Waals surface area contributed by atoms with Gasteiger partial charge in [0.05, 0.1) is 17.6 Å². The van der Waals surface area contributed by atoms with Gasteiger partial charge in [-0.15, -0.1) is 0 Å². The standard InChI is InChI=1S/C21H26N4O2/c1-14-4-5-17(12-15(14)2)20(27)24-10-7-21(8-11-24)19-18(22-13-23-19)6-9-25(21)16(3)26/h4-5,12-13H,6-11H2,1-3H3,(H,22,23). The molecule has 1 aromatic carbocycles. The molecule has 2 aliphatic heterocycles. The van der Waals surface area contributed by atoms with E-state index in [0.29, 0.717) is 19.6 Å². The molecular weight excluding hydrogens is 340 g/mol. The smallest absolute Gasteiger partial charge is 0.253 e. The molecule has 1 aromatic heterocycles. The Labute approximate surface area is 159 Å². The summed E-state index contributed by atoms with van der Waals surface area (Å²) in [5, 5.41) is 0. The molecule has 0 unspecified atom stereocenters. The zero-order valence-electron chi connectivity index (χ0n) is 16.2. The fourth-order valence-electron chi connectivity index (χ4n) is 4.58. The third-order valence-electron chi connectivity index (χ3n) is 6.27. The number of aryl methyl sites for hydroxylation is 2. The maximum Gasteiger partial charge on any atom is 0.253 e. The second-order valence-corrected chi connectivity index (χ2v) is 7.77. The molecule has 1 N–H and O–H groups in total. The quantitative estimate of drug-likeness (QED) is 0.843. The Morgan fingerprint density at radius 2 is 1.85 bits per heavy atom. The highest BCUT2D eigenvalue weighted by Crippen LogP contribution is 2.42. The maximum absolute atomic E-state index is 13.0. The van der Waals surface area contributed by atoms with Crippen LogP contribution in [0.1, 0.15) is 52.6 Å². The molecule has 2 amide bonds. The third kappa shape index (κ3) is 2.83. The number of carbonyl (C=O) groups is 2. The molecule has 27 heavy (non-hydrogen) atoms. The number of aromatic amines is 1. The number of nitrogens with one attached hydrogen (secondary N) is 1. The number of imidazole rings is 1. The predicted molar refractivity (Wildman–Crippen MR) is 102 cm³/mol. The highest BCUT2D eigenvalue weighted by Gasteiger charge is 2.48. The van der Waals surface area contributed by atoms with Crippen LogP contribution in [0, 0.1) is 13.8 Å². The zero-order chi connectivity index (χ0) is 19.2. The van der Waals surface area contributed by atoms with Gasteiger partial charge in [0, 0.05) is 44.2 Å². The van der Waals surface area contributed by atoms with Gasteiger partial charge < -0.3 is 14.8 Å². The van der Waals surface area contributed by atoms with Gasteiger partial charge in [0.15, 0.2) is 0 Å². The van der Waals surface area contributed by atoms with Crippen molar-refractivity contribution in [2.75, 3.05) is 19.6 Å². The minimum atomic E-state index is -0.389. The van der Waals surface area contributed by atoms with Gasteiger partial charge in [0.2, 0.25) is 5.91 Å². The van der Waals surface area contributed by atoms with Gasteiger partial charge in [-0.1, -0.05) is 6.07 Å². The second kappa shape index (κ2) is 6.51. The molecule has 142 valence electrons. The van der Waals surface area contributed by atoms with Crippen molar-refractivity contribution in [3.8, 4) is 0 Å². The lowest BCUT2D eigenvalue weighted by atomic mass is 9.78. The molecule has 0 atom stereocenters. The van der Waals surface area contributed by atoms with Crippen LogP contribution in [0.5, 0.6) is 0 Å². The molecule has 1 fully saturated rings. The molecule has 2 aromatic rings. The van der Waals surface area contributed by atoms with Crippen molar-refractivity contribution >= 4 is 11.8 Å². The van der Waals surface area contributed by atoms with Crippen LogP contribution in [0.2, 0.25) is 0 Å². The summed E-state index contributed by atoms with van der Waals surface area (Å²) in [6, 6.07) is 5.88. The Hall–Kier alpha value is -2.63. The first-order chi connectivity index (χ1) is 12.9. The van der Waals surface area contributed by atoms with Crippen LogP contribution >= 0.6 is 0 Å². The van der Waals surface area contributed by atoms with E-state index in [9.17, 15) is 9.59 Å². The minimum Gasteiger partial charge on any atom is -0.348 e. The lowest BCUT2D eigenvalue weighted by Crippen LogP contribution is -2.58. The van der Waals surface area contributed by atoms with Crippen molar-refractivity contribution in [2.45, 2.75) is 45.6 Å². The first-order valence-corrected chi connectivity index (χ1v) is 9.60. The van der Waals surface area contributed by atoms with E-state index >= 15 is 0 Å². The summed E-state index contributed by atoms with van der Waals surface area (Å²) in [7, 11) is 0. The van der Waals surface area contributed by atoms with Gasteiger partial charge in [-0.2, -0.15) is 0 Å². The Balaban J connectivity index is 1.58. The third-order valence-corrected chi connectivity index (χ3v) is 6.27. The summed E-state index contributed by atoms with van der Waals surface area (Å²) in [6.45, 7) is 7.67. The van der Waals surface area contributed by atoms with Crippen molar-refractivity contribution in [1.29, 1.82) is 0 Å². The molecule has 4 rings (SSSR count). The number of hydrogen-bond acceptors (Lipinski definition) is 3. The topological polar surface area (TPSA) is 69.3 Å². The number of aromatic nitrogens is 2. The Morgan fingerprint density at radius 3 is 2.52 bits per heavy atom. The van der Waals surface area contributed by atoms with Crippen LogP contribution in [0.25, 0.3) is 0 Å². The summed E-state index contributed by atoms with van der Waals surface area (Å²) >= 11 is 0.